The van der Waals surface area contributed by atoms with Crippen LogP contribution in [0.4, 0.5) is 0 Å². The smallest absolute Gasteiger partial charge is 0.127 e. The van der Waals surface area contributed by atoms with Gasteiger partial charge in [0.25, 0.3) is 0 Å². The average molecular weight is 248 g/mol. The summed E-state index contributed by atoms with van der Waals surface area (Å²) in [7, 11) is 1.72. The lowest BCUT2D eigenvalue weighted by Gasteiger charge is -2.27. The van der Waals surface area contributed by atoms with Crippen LogP contribution in [0.15, 0.2) is 6.07 Å². The molecular formula is C15H24N2O. The van der Waals surface area contributed by atoms with Gasteiger partial charge in [0.05, 0.1) is 7.11 Å². The summed E-state index contributed by atoms with van der Waals surface area (Å²) in [6.45, 7) is 6.96. The molecule has 100 valence electrons. The van der Waals surface area contributed by atoms with E-state index in [9.17, 15) is 0 Å². The van der Waals surface area contributed by atoms with E-state index in [2.05, 4.69) is 26.8 Å². The van der Waals surface area contributed by atoms with Gasteiger partial charge in [0.2, 0.25) is 0 Å². The molecule has 1 aromatic carbocycles. The van der Waals surface area contributed by atoms with Crippen molar-refractivity contribution in [1.29, 1.82) is 0 Å². The largest absolute Gasteiger partial charge is 0.496 e. The average Bonchev–Trinajstić information content (AvgIpc) is 3.13. The van der Waals surface area contributed by atoms with Crippen LogP contribution < -0.4 is 16.2 Å². The van der Waals surface area contributed by atoms with Gasteiger partial charge >= 0.3 is 0 Å². The van der Waals surface area contributed by atoms with Gasteiger partial charge in [0.15, 0.2) is 0 Å². The summed E-state index contributed by atoms with van der Waals surface area (Å²) in [6.07, 6.45) is 2.25. The molecule has 1 atom stereocenters. The van der Waals surface area contributed by atoms with Crippen molar-refractivity contribution in [3.05, 3.63) is 28.3 Å². The van der Waals surface area contributed by atoms with Crippen molar-refractivity contribution in [2.24, 2.45) is 16.9 Å². The molecule has 1 saturated carbocycles. The van der Waals surface area contributed by atoms with E-state index in [1.165, 1.54) is 16.7 Å². The third-order valence-corrected chi connectivity index (χ3v) is 4.51. The number of aryl methyl sites for hydroxylation is 2. The molecule has 3 heteroatoms. The molecule has 4 N–H and O–H groups in total. The van der Waals surface area contributed by atoms with Gasteiger partial charge in [-0.3, -0.25) is 0 Å². The van der Waals surface area contributed by atoms with Gasteiger partial charge in [-0.2, -0.15) is 0 Å². The fourth-order valence-electron chi connectivity index (χ4n) is 2.83. The predicted octanol–water partition coefficient (Wildman–Crippen LogP) is 2.36. The number of nitrogens with two attached hydrogens (primary N) is 2. The van der Waals surface area contributed by atoms with Gasteiger partial charge in [-0.05, 0) is 56.8 Å². The summed E-state index contributed by atoms with van der Waals surface area (Å²) in [5.41, 5.74) is 17.3. The molecule has 1 aliphatic rings. The molecule has 0 radical (unpaired) electrons. The second-order valence-corrected chi connectivity index (χ2v) is 5.63. The van der Waals surface area contributed by atoms with E-state index in [4.69, 9.17) is 16.2 Å². The Hall–Kier alpha value is -1.06. The lowest BCUT2D eigenvalue weighted by Crippen LogP contribution is -2.30. The van der Waals surface area contributed by atoms with Crippen molar-refractivity contribution >= 4 is 0 Å². The van der Waals surface area contributed by atoms with E-state index in [-0.39, 0.29) is 11.5 Å². The number of methoxy groups -OCH3 is 1. The van der Waals surface area contributed by atoms with Crippen molar-refractivity contribution < 1.29 is 4.74 Å². The molecule has 1 aliphatic carbocycles. The maximum atomic E-state index is 6.48. The Morgan fingerprint density at radius 2 is 1.89 bits per heavy atom. The first kappa shape index (κ1) is 13.4. The molecule has 0 spiro atoms. The lowest BCUT2D eigenvalue weighted by atomic mass is 9.85. The Morgan fingerprint density at radius 1 is 1.28 bits per heavy atom. The van der Waals surface area contributed by atoms with E-state index >= 15 is 0 Å². The Bertz CT molecular complexity index is 464. The van der Waals surface area contributed by atoms with Crippen LogP contribution in [-0.4, -0.2) is 13.7 Å². The first-order valence-electron chi connectivity index (χ1n) is 6.57. The first-order valence-corrected chi connectivity index (χ1v) is 6.57. The molecule has 1 unspecified atom stereocenters. The normalized spacial score (nSPS) is 18.6. The fourth-order valence-corrected chi connectivity index (χ4v) is 2.83. The molecule has 0 bridgehead atoms. The van der Waals surface area contributed by atoms with Crippen molar-refractivity contribution in [1.82, 2.24) is 0 Å². The maximum Gasteiger partial charge on any atom is 0.127 e. The molecule has 0 aliphatic heterocycles. The highest BCUT2D eigenvalue weighted by molar-refractivity contribution is 5.52. The standard InChI is InChI=1S/C15H24N2O/c1-9-7-10(2)12(13(18-4)11(9)3)14(17)15(8-16)5-6-15/h7,14H,5-6,8,16-17H2,1-4H3. The van der Waals surface area contributed by atoms with Crippen LogP contribution in [0.2, 0.25) is 0 Å². The number of benzene rings is 1. The van der Waals surface area contributed by atoms with Crippen LogP contribution in [-0.2, 0) is 0 Å². The zero-order valence-corrected chi connectivity index (χ0v) is 11.8. The van der Waals surface area contributed by atoms with Gasteiger partial charge in [0, 0.05) is 17.0 Å². The third kappa shape index (κ3) is 1.91. The number of rotatable bonds is 4. The van der Waals surface area contributed by atoms with Gasteiger partial charge in [0.1, 0.15) is 5.75 Å². The monoisotopic (exact) mass is 248 g/mol. The van der Waals surface area contributed by atoms with E-state index in [1.54, 1.807) is 7.11 Å². The zero-order valence-electron chi connectivity index (χ0n) is 11.8. The van der Waals surface area contributed by atoms with Crippen molar-refractivity contribution in [2.45, 2.75) is 39.7 Å². The van der Waals surface area contributed by atoms with E-state index in [1.807, 2.05) is 0 Å². The summed E-state index contributed by atoms with van der Waals surface area (Å²) in [5.74, 6) is 0.944. The fraction of sp³-hybridized carbons (Fsp3) is 0.600. The summed E-state index contributed by atoms with van der Waals surface area (Å²) in [5, 5.41) is 0. The van der Waals surface area contributed by atoms with Gasteiger partial charge in [-0.25, -0.2) is 0 Å². The van der Waals surface area contributed by atoms with Crippen LogP contribution in [0.1, 0.15) is 41.1 Å². The summed E-state index contributed by atoms with van der Waals surface area (Å²) in [4.78, 5) is 0. The Labute approximate surface area is 110 Å². The second kappa shape index (κ2) is 4.56. The predicted molar refractivity (Wildman–Crippen MR) is 74.9 cm³/mol. The minimum atomic E-state index is -0.0169. The van der Waals surface area contributed by atoms with Crippen molar-refractivity contribution in [2.75, 3.05) is 13.7 Å². The van der Waals surface area contributed by atoms with E-state index < -0.39 is 0 Å². The molecular weight excluding hydrogens is 224 g/mol. The molecule has 1 fully saturated rings. The lowest BCUT2D eigenvalue weighted by molar-refractivity contribution is 0.372. The van der Waals surface area contributed by atoms with Gasteiger partial charge in [-0.15, -0.1) is 0 Å². The molecule has 0 saturated heterocycles. The van der Waals surface area contributed by atoms with E-state index in [0.29, 0.717) is 6.54 Å². The summed E-state index contributed by atoms with van der Waals surface area (Å²) in [6, 6.07) is 2.18. The minimum Gasteiger partial charge on any atom is -0.496 e. The molecule has 0 aromatic heterocycles. The zero-order chi connectivity index (χ0) is 13.5. The molecule has 0 amide bonds. The molecule has 1 aromatic rings. The van der Waals surface area contributed by atoms with Crippen LogP contribution in [0, 0.1) is 26.2 Å². The van der Waals surface area contributed by atoms with Crippen LogP contribution in [0.3, 0.4) is 0 Å². The maximum absolute atomic E-state index is 6.48. The molecule has 0 heterocycles. The van der Waals surface area contributed by atoms with Gasteiger partial charge in [-0.1, -0.05) is 6.07 Å². The van der Waals surface area contributed by atoms with Crippen LogP contribution in [0.5, 0.6) is 5.75 Å². The minimum absolute atomic E-state index is 0.0169. The third-order valence-electron chi connectivity index (χ3n) is 4.51. The van der Waals surface area contributed by atoms with Crippen LogP contribution >= 0.6 is 0 Å². The topological polar surface area (TPSA) is 61.3 Å². The highest BCUT2D eigenvalue weighted by Crippen LogP contribution is 2.55. The molecule has 18 heavy (non-hydrogen) atoms. The van der Waals surface area contributed by atoms with Crippen molar-refractivity contribution in [3.8, 4) is 5.75 Å². The highest BCUT2D eigenvalue weighted by Gasteiger charge is 2.48. The number of hydrogen-bond donors (Lipinski definition) is 2. The SMILES string of the molecule is COc1c(C)c(C)cc(C)c1C(N)C1(CN)CC1. The Kier molecular flexibility index (Phi) is 3.39. The second-order valence-electron chi connectivity index (χ2n) is 5.63. The molecule has 2 rings (SSSR count). The first-order chi connectivity index (χ1) is 8.46. The number of ether oxygens (including phenoxy) is 1. The van der Waals surface area contributed by atoms with E-state index in [0.717, 1.165) is 24.2 Å². The number of hydrogen-bond acceptors (Lipinski definition) is 3. The van der Waals surface area contributed by atoms with Crippen LogP contribution in [0.25, 0.3) is 0 Å². The molecule has 3 nitrogen and oxygen atoms in total. The van der Waals surface area contributed by atoms with Gasteiger partial charge < -0.3 is 16.2 Å². The summed E-state index contributed by atoms with van der Waals surface area (Å²) < 4.78 is 5.61. The quantitative estimate of drug-likeness (QED) is 0.860. The highest BCUT2D eigenvalue weighted by atomic mass is 16.5. The Morgan fingerprint density at radius 3 is 2.33 bits per heavy atom. The Balaban J connectivity index is 2.53. The van der Waals surface area contributed by atoms with Crippen molar-refractivity contribution in [3.63, 3.8) is 0 Å². The summed E-state index contributed by atoms with van der Waals surface area (Å²) >= 11 is 0.